The highest BCUT2D eigenvalue weighted by Gasteiger charge is 2.11. The van der Waals surface area contributed by atoms with E-state index < -0.39 is 0 Å². The van der Waals surface area contributed by atoms with Crippen molar-refractivity contribution in [2.45, 2.75) is 6.04 Å². The van der Waals surface area contributed by atoms with E-state index in [4.69, 9.17) is 5.73 Å². The number of thiophene rings is 1. The lowest BCUT2D eigenvalue weighted by Gasteiger charge is -2.03. The van der Waals surface area contributed by atoms with Crippen molar-refractivity contribution in [3.8, 4) is 0 Å². The molecule has 1 unspecified atom stereocenters. The minimum Gasteiger partial charge on any atom is -0.317 e. The zero-order valence-corrected chi connectivity index (χ0v) is 7.08. The largest absolute Gasteiger partial charge is 0.317 e. The van der Waals surface area contributed by atoms with Gasteiger partial charge < -0.3 is 5.73 Å². The summed E-state index contributed by atoms with van der Waals surface area (Å²) < 4.78 is 0. The molecule has 0 aromatic carbocycles. The third-order valence-corrected chi connectivity index (χ3v) is 2.53. The molecule has 0 amide bonds. The molecular weight excluding hydrogens is 172 g/mol. The highest BCUT2D eigenvalue weighted by atomic mass is 32.1. The number of hydrogen-bond acceptors (Lipinski definition) is 4. The minimum atomic E-state index is -0.174. The number of nitrogens with two attached hydrogens (primary N) is 1. The molecule has 2 rings (SSSR count). The monoisotopic (exact) mass is 180 g/mol. The smallest absolute Gasteiger partial charge is 0.146 e. The summed E-state index contributed by atoms with van der Waals surface area (Å²) in [7, 11) is 0. The fraction of sp³-hybridized carbons (Fsp3) is 0.143. The maximum absolute atomic E-state index is 5.88. The summed E-state index contributed by atoms with van der Waals surface area (Å²) in [5, 5.41) is 8.48. The van der Waals surface area contributed by atoms with Gasteiger partial charge in [0.2, 0.25) is 0 Å². The summed E-state index contributed by atoms with van der Waals surface area (Å²) in [6, 6.07) is 3.78. The molecule has 0 spiro atoms. The second-order valence-electron chi connectivity index (χ2n) is 2.36. The molecule has 0 saturated carbocycles. The van der Waals surface area contributed by atoms with Gasteiger partial charge in [0, 0.05) is 4.88 Å². The number of aromatic amines is 1. The lowest BCUT2D eigenvalue weighted by molar-refractivity contribution is 0.802. The molecule has 5 heteroatoms. The summed E-state index contributed by atoms with van der Waals surface area (Å²) in [6.45, 7) is 0. The maximum atomic E-state index is 5.88. The number of nitrogens with one attached hydrogen (secondary N) is 1. The Kier molecular flexibility index (Phi) is 1.89. The Morgan fingerprint density at radius 1 is 1.58 bits per heavy atom. The third kappa shape index (κ3) is 1.24. The second kappa shape index (κ2) is 3.04. The molecule has 4 nitrogen and oxygen atoms in total. The molecular formula is C7H8N4S. The molecule has 2 aromatic rings. The van der Waals surface area contributed by atoms with Crippen molar-refractivity contribution in [3.63, 3.8) is 0 Å². The lowest BCUT2D eigenvalue weighted by atomic mass is 10.2. The number of rotatable bonds is 2. The van der Waals surface area contributed by atoms with Gasteiger partial charge in [0.05, 0.1) is 6.04 Å². The van der Waals surface area contributed by atoms with Crippen LogP contribution in [0.2, 0.25) is 0 Å². The van der Waals surface area contributed by atoms with Gasteiger partial charge in [0.1, 0.15) is 12.2 Å². The fourth-order valence-corrected chi connectivity index (χ4v) is 1.70. The second-order valence-corrected chi connectivity index (χ2v) is 3.34. The molecule has 0 bridgehead atoms. The van der Waals surface area contributed by atoms with Crippen LogP contribution in [0.1, 0.15) is 16.7 Å². The lowest BCUT2D eigenvalue weighted by Crippen LogP contribution is -2.11. The standard InChI is InChI=1S/C7H8N4S/c8-6(5-2-1-3-12-5)7-9-4-10-11-7/h1-4,6H,8H2,(H,9,10,11). The highest BCUT2D eigenvalue weighted by Crippen LogP contribution is 2.20. The summed E-state index contributed by atoms with van der Waals surface area (Å²) in [6.07, 6.45) is 1.46. The SMILES string of the molecule is NC(c1ncn[nH]1)c1cccs1. The zero-order valence-electron chi connectivity index (χ0n) is 6.27. The van der Waals surface area contributed by atoms with Gasteiger partial charge in [-0.05, 0) is 11.4 Å². The first-order valence-electron chi connectivity index (χ1n) is 3.52. The summed E-state index contributed by atoms with van der Waals surface area (Å²) in [5.41, 5.74) is 5.88. The van der Waals surface area contributed by atoms with Gasteiger partial charge in [-0.2, -0.15) is 5.10 Å². The molecule has 2 heterocycles. The van der Waals surface area contributed by atoms with Crippen molar-refractivity contribution in [1.82, 2.24) is 15.2 Å². The summed E-state index contributed by atoms with van der Waals surface area (Å²) in [5.74, 6) is 0.706. The van der Waals surface area contributed by atoms with E-state index in [1.54, 1.807) is 11.3 Å². The van der Waals surface area contributed by atoms with Gasteiger partial charge in [-0.3, -0.25) is 5.10 Å². The maximum Gasteiger partial charge on any atom is 0.146 e. The van der Waals surface area contributed by atoms with E-state index in [1.807, 2.05) is 17.5 Å². The van der Waals surface area contributed by atoms with E-state index in [2.05, 4.69) is 15.2 Å². The van der Waals surface area contributed by atoms with E-state index in [-0.39, 0.29) is 6.04 Å². The van der Waals surface area contributed by atoms with Gasteiger partial charge in [0.15, 0.2) is 0 Å². The zero-order chi connectivity index (χ0) is 8.39. The predicted molar refractivity (Wildman–Crippen MR) is 46.7 cm³/mol. The minimum absolute atomic E-state index is 0.174. The van der Waals surface area contributed by atoms with Crippen molar-refractivity contribution >= 4 is 11.3 Å². The number of H-pyrrole nitrogens is 1. The van der Waals surface area contributed by atoms with E-state index in [0.29, 0.717) is 5.82 Å². The van der Waals surface area contributed by atoms with Crippen LogP contribution in [-0.2, 0) is 0 Å². The van der Waals surface area contributed by atoms with Crippen LogP contribution in [0.15, 0.2) is 23.8 Å². The summed E-state index contributed by atoms with van der Waals surface area (Å²) >= 11 is 1.62. The average Bonchev–Trinajstić information content (AvgIpc) is 2.77. The molecule has 1 atom stereocenters. The van der Waals surface area contributed by atoms with Crippen LogP contribution in [0.5, 0.6) is 0 Å². The van der Waals surface area contributed by atoms with Crippen LogP contribution in [0.3, 0.4) is 0 Å². The van der Waals surface area contributed by atoms with Crippen LogP contribution in [0.25, 0.3) is 0 Å². The number of nitrogens with zero attached hydrogens (tertiary/aromatic N) is 2. The topological polar surface area (TPSA) is 67.6 Å². The van der Waals surface area contributed by atoms with E-state index >= 15 is 0 Å². The van der Waals surface area contributed by atoms with Crippen molar-refractivity contribution in [2.24, 2.45) is 5.73 Å². The van der Waals surface area contributed by atoms with Crippen molar-refractivity contribution in [2.75, 3.05) is 0 Å². The first-order valence-corrected chi connectivity index (χ1v) is 4.40. The molecule has 0 aliphatic heterocycles. The molecule has 0 fully saturated rings. The van der Waals surface area contributed by atoms with E-state index in [1.165, 1.54) is 6.33 Å². The Bertz CT molecular complexity index is 292. The van der Waals surface area contributed by atoms with E-state index in [0.717, 1.165) is 4.88 Å². The van der Waals surface area contributed by atoms with Crippen LogP contribution in [0, 0.1) is 0 Å². The third-order valence-electron chi connectivity index (χ3n) is 1.58. The molecule has 0 aliphatic carbocycles. The first-order chi connectivity index (χ1) is 5.88. The Morgan fingerprint density at radius 3 is 3.08 bits per heavy atom. The average molecular weight is 180 g/mol. The predicted octanol–water partition coefficient (Wildman–Crippen LogP) is 0.914. The highest BCUT2D eigenvalue weighted by molar-refractivity contribution is 7.10. The Morgan fingerprint density at radius 2 is 2.50 bits per heavy atom. The van der Waals surface area contributed by atoms with Crippen LogP contribution in [0.4, 0.5) is 0 Å². The van der Waals surface area contributed by atoms with Crippen molar-refractivity contribution < 1.29 is 0 Å². The number of aromatic nitrogens is 3. The van der Waals surface area contributed by atoms with Gasteiger partial charge in [-0.15, -0.1) is 11.3 Å². The van der Waals surface area contributed by atoms with Gasteiger partial charge in [0.25, 0.3) is 0 Å². The molecule has 62 valence electrons. The van der Waals surface area contributed by atoms with E-state index in [9.17, 15) is 0 Å². The fourth-order valence-electron chi connectivity index (χ4n) is 0.968. The molecule has 12 heavy (non-hydrogen) atoms. The molecule has 0 saturated heterocycles. The Balaban J connectivity index is 2.27. The first kappa shape index (κ1) is 7.45. The van der Waals surface area contributed by atoms with Crippen LogP contribution >= 0.6 is 11.3 Å². The van der Waals surface area contributed by atoms with Crippen molar-refractivity contribution in [1.29, 1.82) is 0 Å². The van der Waals surface area contributed by atoms with Gasteiger partial charge >= 0.3 is 0 Å². The van der Waals surface area contributed by atoms with Crippen LogP contribution < -0.4 is 5.73 Å². The van der Waals surface area contributed by atoms with Gasteiger partial charge in [-0.25, -0.2) is 4.98 Å². The van der Waals surface area contributed by atoms with Crippen molar-refractivity contribution in [3.05, 3.63) is 34.5 Å². The van der Waals surface area contributed by atoms with Gasteiger partial charge in [-0.1, -0.05) is 6.07 Å². The molecule has 3 N–H and O–H groups in total. The normalized spacial score (nSPS) is 13.1. The van der Waals surface area contributed by atoms with Crippen LogP contribution in [-0.4, -0.2) is 15.2 Å². The molecule has 2 aromatic heterocycles. The Hall–Kier alpha value is -1.20. The molecule has 0 aliphatic rings. The Labute approximate surface area is 73.5 Å². The summed E-state index contributed by atoms with van der Waals surface area (Å²) in [4.78, 5) is 5.08. The quantitative estimate of drug-likeness (QED) is 0.722. The molecule has 0 radical (unpaired) electrons. The number of hydrogen-bond donors (Lipinski definition) is 2.